The number of likely N-dealkylation sites (tertiary alicyclic amines) is 2. The summed E-state index contributed by atoms with van der Waals surface area (Å²) in [6, 6.07) is 10.0. The monoisotopic (exact) mass is 399 g/mol. The average Bonchev–Trinajstić information content (AvgIpc) is 3.25. The van der Waals surface area contributed by atoms with Crippen LogP contribution >= 0.6 is 0 Å². The fourth-order valence-corrected chi connectivity index (χ4v) is 4.24. The molecule has 156 valence electrons. The highest BCUT2D eigenvalue weighted by Gasteiger charge is 2.28. The molecule has 1 N–H and O–H groups in total. The smallest absolute Gasteiger partial charge is 0.292 e. The number of aromatic nitrogens is 1. The van der Waals surface area contributed by atoms with Crippen molar-refractivity contribution in [1.29, 1.82) is 0 Å². The van der Waals surface area contributed by atoms with Gasteiger partial charge in [0.2, 0.25) is 5.76 Å². The number of nitrogens with zero attached hydrogens (tertiary/aromatic N) is 3. The fraction of sp³-hybridized carbons (Fsp3) is 0.545. The van der Waals surface area contributed by atoms with Crippen LogP contribution in [0.1, 0.15) is 53.4 Å². The number of hydrogen-bond donors (Lipinski definition) is 1. The predicted molar refractivity (Wildman–Crippen MR) is 108 cm³/mol. The number of ether oxygens (including phenoxy) is 1. The maximum Gasteiger partial charge on any atom is 0.292 e. The minimum Gasteiger partial charge on any atom is -0.497 e. The molecule has 7 heteroatoms. The van der Waals surface area contributed by atoms with Crippen LogP contribution in [-0.4, -0.2) is 65.4 Å². The minimum atomic E-state index is -0.303. The Kier molecular flexibility index (Phi) is 6.16. The van der Waals surface area contributed by atoms with Gasteiger partial charge >= 0.3 is 0 Å². The molecule has 2 fully saturated rings. The SMILES string of the molecule is COc1ccc(CN2CCC[C@H](c3cc(C(=O)N4CCC(O)CC4)on3)C2)cc1. The number of aliphatic hydroxyl groups excluding tert-OH is 1. The lowest BCUT2D eigenvalue weighted by Crippen LogP contribution is -2.39. The van der Waals surface area contributed by atoms with Gasteiger partial charge in [-0.05, 0) is 49.9 Å². The van der Waals surface area contributed by atoms with Gasteiger partial charge in [0.15, 0.2) is 0 Å². The lowest BCUT2D eigenvalue weighted by atomic mass is 9.94. The van der Waals surface area contributed by atoms with E-state index < -0.39 is 0 Å². The molecule has 2 aromatic rings. The van der Waals surface area contributed by atoms with Crippen molar-refractivity contribution in [2.45, 2.75) is 44.2 Å². The average molecular weight is 399 g/mol. The van der Waals surface area contributed by atoms with E-state index in [1.54, 1.807) is 12.0 Å². The van der Waals surface area contributed by atoms with Crippen molar-refractivity contribution in [1.82, 2.24) is 15.0 Å². The molecule has 0 radical (unpaired) electrons. The second-order valence-electron chi connectivity index (χ2n) is 8.06. The van der Waals surface area contributed by atoms with Crippen molar-refractivity contribution in [2.75, 3.05) is 33.3 Å². The van der Waals surface area contributed by atoms with E-state index in [0.717, 1.165) is 43.9 Å². The third-order valence-electron chi connectivity index (χ3n) is 5.98. The topological polar surface area (TPSA) is 79.0 Å². The van der Waals surface area contributed by atoms with E-state index in [-0.39, 0.29) is 17.9 Å². The third kappa shape index (κ3) is 4.79. The van der Waals surface area contributed by atoms with Gasteiger partial charge in [0.1, 0.15) is 5.75 Å². The molecule has 0 spiro atoms. The first-order valence-corrected chi connectivity index (χ1v) is 10.4. The number of methoxy groups -OCH3 is 1. The van der Waals surface area contributed by atoms with Gasteiger partial charge in [0.05, 0.1) is 18.9 Å². The molecule has 0 aliphatic carbocycles. The Bertz CT molecular complexity index is 812. The van der Waals surface area contributed by atoms with Crippen molar-refractivity contribution in [3.63, 3.8) is 0 Å². The molecule has 1 amide bonds. The standard InChI is InChI=1S/C22H29N3O4/c1-28-19-6-4-16(5-7-19)14-24-10-2-3-17(15-24)20-13-21(29-23-20)22(27)25-11-8-18(26)9-12-25/h4-7,13,17-18,26H,2-3,8-12,14-15H2,1H3/t17-/m0/s1. The van der Waals surface area contributed by atoms with E-state index in [1.807, 2.05) is 18.2 Å². The molecule has 29 heavy (non-hydrogen) atoms. The van der Waals surface area contributed by atoms with E-state index in [9.17, 15) is 9.90 Å². The van der Waals surface area contributed by atoms with Gasteiger partial charge in [-0.15, -0.1) is 0 Å². The van der Waals surface area contributed by atoms with Gasteiger partial charge in [-0.1, -0.05) is 17.3 Å². The van der Waals surface area contributed by atoms with Gasteiger partial charge in [0, 0.05) is 38.2 Å². The van der Waals surface area contributed by atoms with Crippen molar-refractivity contribution in [3.8, 4) is 5.75 Å². The summed E-state index contributed by atoms with van der Waals surface area (Å²) in [7, 11) is 1.68. The Labute approximate surface area is 171 Å². The summed E-state index contributed by atoms with van der Waals surface area (Å²) < 4.78 is 10.6. The number of rotatable bonds is 5. The van der Waals surface area contributed by atoms with Gasteiger partial charge in [-0.3, -0.25) is 9.69 Å². The zero-order valence-corrected chi connectivity index (χ0v) is 16.9. The normalized spacial score (nSPS) is 21.3. The lowest BCUT2D eigenvalue weighted by Gasteiger charge is -2.31. The largest absolute Gasteiger partial charge is 0.497 e. The number of carbonyl (C=O) groups excluding carboxylic acids is 1. The highest BCUT2D eigenvalue weighted by atomic mass is 16.5. The molecular formula is C22H29N3O4. The Morgan fingerprint density at radius 2 is 1.97 bits per heavy atom. The molecule has 4 rings (SSSR count). The molecule has 1 aromatic carbocycles. The number of hydrogen-bond acceptors (Lipinski definition) is 6. The van der Waals surface area contributed by atoms with Crippen LogP contribution in [-0.2, 0) is 6.54 Å². The van der Waals surface area contributed by atoms with Crippen molar-refractivity contribution < 1.29 is 19.2 Å². The second-order valence-corrected chi connectivity index (χ2v) is 8.06. The number of carbonyl (C=O) groups is 1. The molecule has 2 aliphatic rings. The molecule has 7 nitrogen and oxygen atoms in total. The first-order chi connectivity index (χ1) is 14.1. The zero-order chi connectivity index (χ0) is 20.2. The first-order valence-electron chi connectivity index (χ1n) is 10.4. The fourth-order valence-electron chi connectivity index (χ4n) is 4.24. The minimum absolute atomic E-state index is 0.124. The highest BCUT2D eigenvalue weighted by Crippen LogP contribution is 2.28. The Balaban J connectivity index is 1.36. The summed E-state index contributed by atoms with van der Waals surface area (Å²) in [6.45, 7) is 3.98. The van der Waals surface area contributed by atoms with Crippen LogP contribution in [0.2, 0.25) is 0 Å². The Morgan fingerprint density at radius 1 is 1.21 bits per heavy atom. The van der Waals surface area contributed by atoms with Crippen LogP contribution in [0.5, 0.6) is 5.75 Å². The van der Waals surface area contributed by atoms with Crippen LogP contribution in [0.25, 0.3) is 0 Å². The van der Waals surface area contributed by atoms with Gasteiger partial charge < -0.3 is 19.3 Å². The van der Waals surface area contributed by atoms with Gasteiger partial charge in [-0.25, -0.2) is 0 Å². The molecule has 0 unspecified atom stereocenters. The zero-order valence-electron chi connectivity index (χ0n) is 16.9. The van der Waals surface area contributed by atoms with Crippen LogP contribution in [0.15, 0.2) is 34.9 Å². The first kappa shape index (κ1) is 19.9. The quantitative estimate of drug-likeness (QED) is 0.833. The molecule has 0 saturated carbocycles. The number of benzene rings is 1. The van der Waals surface area contributed by atoms with Crippen LogP contribution in [0.3, 0.4) is 0 Å². The van der Waals surface area contributed by atoms with Crippen molar-refractivity contribution >= 4 is 5.91 Å². The molecule has 2 saturated heterocycles. The lowest BCUT2D eigenvalue weighted by molar-refractivity contribution is 0.0512. The summed E-state index contributed by atoms with van der Waals surface area (Å²) in [4.78, 5) is 16.8. The maximum absolute atomic E-state index is 12.7. The van der Waals surface area contributed by atoms with Gasteiger partial charge in [-0.2, -0.15) is 0 Å². The Hall–Kier alpha value is -2.38. The van der Waals surface area contributed by atoms with E-state index in [0.29, 0.717) is 31.7 Å². The molecule has 1 atom stereocenters. The molecule has 2 aliphatic heterocycles. The summed E-state index contributed by atoms with van der Waals surface area (Å²) in [5.41, 5.74) is 2.12. The molecule has 0 bridgehead atoms. The summed E-state index contributed by atoms with van der Waals surface area (Å²) in [5, 5.41) is 13.8. The van der Waals surface area contributed by atoms with Crippen molar-refractivity contribution in [2.24, 2.45) is 0 Å². The van der Waals surface area contributed by atoms with Crippen LogP contribution in [0.4, 0.5) is 0 Å². The van der Waals surface area contributed by atoms with Crippen LogP contribution in [0, 0.1) is 0 Å². The number of piperidine rings is 2. The number of amides is 1. The van der Waals surface area contributed by atoms with E-state index in [4.69, 9.17) is 9.26 Å². The Morgan fingerprint density at radius 3 is 2.69 bits per heavy atom. The number of aliphatic hydroxyl groups is 1. The van der Waals surface area contributed by atoms with E-state index in [2.05, 4.69) is 22.2 Å². The second kappa shape index (κ2) is 8.97. The van der Waals surface area contributed by atoms with Crippen LogP contribution < -0.4 is 4.74 Å². The molecule has 1 aromatic heterocycles. The summed E-state index contributed by atoms with van der Waals surface area (Å²) >= 11 is 0. The van der Waals surface area contributed by atoms with Crippen molar-refractivity contribution in [3.05, 3.63) is 47.3 Å². The third-order valence-corrected chi connectivity index (χ3v) is 5.98. The predicted octanol–water partition coefficient (Wildman–Crippen LogP) is 2.66. The summed E-state index contributed by atoms with van der Waals surface area (Å²) in [6.07, 6.45) is 3.09. The maximum atomic E-state index is 12.7. The van der Waals surface area contributed by atoms with E-state index in [1.165, 1.54) is 5.56 Å². The van der Waals surface area contributed by atoms with Gasteiger partial charge in [0.25, 0.3) is 5.91 Å². The molecule has 3 heterocycles. The van der Waals surface area contributed by atoms with E-state index >= 15 is 0 Å². The highest BCUT2D eigenvalue weighted by molar-refractivity contribution is 5.91. The molecular weight excluding hydrogens is 370 g/mol. The summed E-state index contributed by atoms with van der Waals surface area (Å²) in [5.74, 6) is 1.33.